The summed E-state index contributed by atoms with van der Waals surface area (Å²) >= 11 is 0. The van der Waals surface area contributed by atoms with Crippen LogP contribution < -0.4 is 9.47 Å². The fourth-order valence-corrected chi connectivity index (χ4v) is 3.83. The lowest BCUT2D eigenvalue weighted by Crippen LogP contribution is -2.08. The van der Waals surface area contributed by atoms with Crippen LogP contribution >= 0.6 is 0 Å². The fraction of sp³-hybridized carbons (Fsp3) is 0.154. The molecule has 5 nitrogen and oxygen atoms in total. The summed E-state index contributed by atoms with van der Waals surface area (Å²) in [6.45, 7) is 5.42. The van der Waals surface area contributed by atoms with Crippen molar-refractivity contribution in [3.8, 4) is 17.2 Å². The van der Waals surface area contributed by atoms with Crippen LogP contribution in [0.1, 0.15) is 38.9 Å². The minimum absolute atomic E-state index is 0.0447. The molecule has 3 aromatic carbocycles. The topological polar surface area (TPSA) is 57.5 Å². The number of hydrogen-bond donors (Lipinski definition) is 0. The van der Waals surface area contributed by atoms with E-state index in [1.54, 1.807) is 38.3 Å². The van der Waals surface area contributed by atoms with Crippen molar-refractivity contribution in [1.29, 1.82) is 0 Å². The number of carbonyl (C=O) groups is 2. The minimum Gasteiger partial charge on any atom is -0.497 e. The Labute approximate surface area is 180 Å². The Balaban J connectivity index is 1.78. The number of benzene rings is 3. The summed E-state index contributed by atoms with van der Waals surface area (Å²) in [5.74, 6) is 0.675. The largest absolute Gasteiger partial charge is 0.497 e. The molecule has 0 aliphatic carbocycles. The first-order valence-electron chi connectivity index (χ1n) is 9.98. The molecule has 4 rings (SSSR count). The Morgan fingerprint density at radius 2 is 1.48 bits per heavy atom. The van der Waals surface area contributed by atoms with Crippen molar-refractivity contribution in [2.75, 3.05) is 7.11 Å². The van der Waals surface area contributed by atoms with Crippen molar-refractivity contribution in [3.05, 3.63) is 89.1 Å². The third-order valence-electron chi connectivity index (χ3n) is 5.36. The van der Waals surface area contributed by atoms with Crippen molar-refractivity contribution < 1.29 is 19.1 Å². The number of aromatic nitrogens is 1. The number of fused-ring (bicyclic) bond motifs is 1. The van der Waals surface area contributed by atoms with Crippen LogP contribution in [0.3, 0.4) is 0 Å². The van der Waals surface area contributed by atoms with Gasteiger partial charge in [0.25, 0.3) is 0 Å². The van der Waals surface area contributed by atoms with Crippen molar-refractivity contribution in [1.82, 2.24) is 4.57 Å². The number of ether oxygens (including phenoxy) is 2. The number of rotatable bonds is 5. The van der Waals surface area contributed by atoms with E-state index in [0.717, 1.165) is 33.6 Å². The molecule has 0 radical (unpaired) electrons. The summed E-state index contributed by atoms with van der Waals surface area (Å²) in [5, 5.41) is 0.745. The first-order valence-corrected chi connectivity index (χ1v) is 9.98. The highest BCUT2D eigenvalue weighted by atomic mass is 16.5. The molecule has 0 unspecified atom stereocenters. The molecule has 0 bridgehead atoms. The molecule has 5 heteroatoms. The monoisotopic (exact) mass is 413 g/mol. The maximum Gasteiger partial charge on any atom is 0.343 e. The molecule has 4 aromatic rings. The molecule has 0 N–H and O–H groups in total. The van der Waals surface area contributed by atoms with Gasteiger partial charge in [0.05, 0.1) is 18.2 Å². The average Bonchev–Trinajstić information content (AvgIpc) is 3.05. The van der Waals surface area contributed by atoms with Crippen LogP contribution in [0, 0.1) is 13.8 Å². The van der Waals surface area contributed by atoms with Gasteiger partial charge >= 0.3 is 5.97 Å². The number of aryl methyl sites for hydroxylation is 1. The standard InChI is InChI=1S/C26H23NO4/c1-16-5-7-19(8-6-16)26(29)31-22-13-14-24-23(15-22)25(18(3)28)17(2)27(24)20-9-11-21(30-4)12-10-20/h5-15H,1-4H3. The van der Waals surface area contributed by atoms with Gasteiger partial charge in [0, 0.05) is 22.3 Å². The highest BCUT2D eigenvalue weighted by Gasteiger charge is 2.20. The lowest BCUT2D eigenvalue weighted by atomic mass is 10.1. The lowest BCUT2D eigenvalue weighted by molar-refractivity contribution is 0.0735. The Morgan fingerprint density at radius 3 is 2.10 bits per heavy atom. The number of nitrogens with zero attached hydrogens (tertiary/aromatic N) is 1. The molecule has 156 valence electrons. The van der Waals surface area contributed by atoms with Crippen LogP contribution in [0.15, 0.2) is 66.7 Å². The zero-order valence-electron chi connectivity index (χ0n) is 17.9. The minimum atomic E-state index is -0.435. The van der Waals surface area contributed by atoms with E-state index in [2.05, 4.69) is 0 Å². The number of methoxy groups -OCH3 is 1. The van der Waals surface area contributed by atoms with Crippen molar-refractivity contribution in [2.24, 2.45) is 0 Å². The van der Waals surface area contributed by atoms with Gasteiger partial charge in [-0.15, -0.1) is 0 Å². The van der Waals surface area contributed by atoms with Gasteiger partial charge in [0.2, 0.25) is 0 Å². The second kappa shape index (κ2) is 8.11. The molecule has 0 aliphatic rings. The number of hydrogen-bond acceptors (Lipinski definition) is 4. The molecule has 0 saturated carbocycles. The van der Waals surface area contributed by atoms with E-state index in [-0.39, 0.29) is 5.78 Å². The van der Waals surface area contributed by atoms with E-state index in [4.69, 9.17) is 9.47 Å². The van der Waals surface area contributed by atoms with E-state index in [0.29, 0.717) is 16.9 Å². The van der Waals surface area contributed by atoms with E-state index in [1.165, 1.54) is 0 Å². The Kier molecular flexibility index (Phi) is 5.34. The van der Waals surface area contributed by atoms with E-state index in [1.807, 2.05) is 60.9 Å². The molecule has 0 aliphatic heterocycles. The number of Topliss-reactive ketones (excluding diaryl/α,β-unsaturated/α-hetero) is 1. The predicted molar refractivity (Wildman–Crippen MR) is 121 cm³/mol. The second-order valence-electron chi connectivity index (χ2n) is 7.48. The van der Waals surface area contributed by atoms with Crippen LogP contribution in [0.25, 0.3) is 16.6 Å². The quantitative estimate of drug-likeness (QED) is 0.240. The molecule has 1 heterocycles. The van der Waals surface area contributed by atoms with Crippen molar-refractivity contribution >= 4 is 22.7 Å². The SMILES string of the molecule is COc1ccc(-n2c(C)c(C(C)=O)c3cc(OC(=O)c4ccc(C)cc4)ccc32)cc1. The maximum absolute atomic E-state index is 12.5. The second-order valence-corrected chi connectivity index (χ2v) is 7.48. The molecule has 0 saturated heterocycles. The van der Waals surface area contributed by atoms with Gasteiger partial charge in [0.1, 0.15) is 11.5 Å². The third kappa shape index (κ3) is 3.82. The zero-order chi connectivity index (χ0) is 22.1. The summed E-state index contributed by atoms with van der Waals surface area (Å²) < 4.78 is 12.9. The van der Waals surface area contributed by atoms with Crippen LogP contribution in [-0.4, -0.2) is 23.4 Å². The third-order valence-corrected chi connectivity index (χ3v) is 5.36. The molecular formula is C26H23NO4. The average molecular weight is 413 g/mol. The Bertz CT molecular complexity index is 1280. The lowest BCUT2D eigenvalue weighted by Gasteiger charge is -2.10. The van der Waals surface area contributed by atoms with Crippen LogP contribution in [0.5, 0.6) is 11.5 Å². The normalized spacial score (nSPS) is 10.8. The summed E-state index contributed by atoms with van der Waals surface area (Å²) in [5.41, 5.74) is 4.76. The molecule has 1 aromatic heterocycles. The summed E-state index contributed by atoms with van der Waals surface area (Å²) in [6, 6.07) is 20.2. The van der Waals surface area contributed by atoms with Crippen molar-refractivity contribution in [2.45, 2.75) is 20.8 Å². The highest BCUT2D eigenvalue weighted by Crippen LogP contribution is 2.33. The number of carbonyl (C=O) groups excluding carboxylic acids is 2. The van der Waals surface area contributed by atoms with E-state index in [9.17, 15) is 9.59 Å². The van der Waals surface area contributed by atoms with Gasteiger partial charge in [-0.25, -0.2) is 4.79 Å². The highest BCUT2D eigenvalue weighted by molar-refractivity contribution is 6.09. The first-order chi connectivity index (χ1) is 14.9. The summed E-state index contributed by atoms with van der Waals surface area (Å²) in [7, 11) is 1.62. The zero-order valence-corrected chi connectivity index (χ0v) is 17.9. The molecule has 0 spiro atoms. The van der Waals surface area contributed by atoms with Gasteiger partial charge in [-0.2, -0.15) is 0 Å². The Morgan fingerprint density at radius 1 is 0.839 bits per heavy atom. The van der Waals surface area contributed by atoms with Crippen LogP contribution in [-0.2, 0) is 0 Å². The molecular weight excluding hydrogens is 390 g/mol. The number of ketones is 1. The van der Waals surface area contributed by atoms with Gasteiger partial charge in [-0.1, -0.05) is 17.7 Å². The Hall–Kier alpha value is -3.86. The number of esters is 1. The van der Waals surface area contributed by atoms with Crippen molar-refractivity contribution in [3.63, 3.8) is 0 Å². The maximum atomic E-state index is 12.5. The van der Waals surface area contributed by atoms with Gasteiger partial charge < -0.3 is 14.0 Å². The first kappa shape index (κ1) is 20.4. The van der Waals surface area contributed by atoms with Crippen LogP contribution in [0.2, 0.25) is 0 Å². The molecule has 0 fully saturated rings. The van der Waals surface area contributed by atoms with E-state index >= 15 is 0 Å². The van der Waals surface area contributed by atoms with Gasteiger partial charge in [-0.3, -0.25) is 4.79 Å². The van der Waals surface area contributed by atoms with Gasteiger partial charge in [0.15, 0.2) is 5.78 Å². The summed E-state index contributed by atoms with van der Waals surface area (Å²) in [6.07, 6.45) is 0. The van der Waals surface area contributed by atoms with Crippen LogP contribution in [0.4, 0.5) is 0 Å². The van der Waals surface area contributed by atoms with E-state index < -0.39 is 5.97 Å². The smallest absolute Gasteiger partial charge is 0.343 e. The fourth-order valence-electron chi connectivity index (χ4n) is 3.83. The molecule has 0 amide bonds. The predicted octanol–water partition coefficient (Wildman–Crippen LogP) is 5.68. The molecule has 0 atom stereocenters. The van der Waals surface area contributed by atoms with Gasteiger partial charge in [-0.05, 0) is 75.4 Å². The molecule has 31 heavy (non-hydrogen) atoms. The summed E-state index contributed by atoms with van der Waals surface area (Å²) in [4.78, 5) is 25.0.